The summed E-state index contributed by atoms with van der Waals surface area (Å²) in [4.78, 5) is 6.53. The number of anilines is 1. The molecular formula is C13H21N3. The van der Waals surface area contributed by atoms with Crippen LogP contribution in [-0.4, -0.2) is 24.1 Å². The van der Waals surface area contributed by atoms with Crippen molar-refractivity contribution in [1.82, 2.24) is 4.98 Å². The average molecular weight is 219 g/mol. The fourth-order valence-electron chi connectivity index (χ4n) is 2.59. The zero-order valence-electron chi connectivity index (χ0n) is 9.81. The third kappa shape index (κ3) is 2.73. The van der Waals surface area contributed by atoms with Crippen LogP contribution in [-0.2, 0) is 0 Å². The molecule has 0 aliphatic heterocycles. The number of nitrogens with zero attached hydrogens (tertiary/aromatic N) is 2. The molecule has 88 valence electrons. The lowest BCUT2D eigenvalue weighted by atomic mass is 9.94. The van der Waals surface area contributed by atoms with Crippen LogP contribution < -0.4 is 10.6 Å². The Morgan fingerprint density at radius 1 is 1.19 bits per heavy atom. The van der Waals surface area contributed by atoms with Crippen LogP contribution in [0.4, 0.5) is 5.69 Å². The molecule has 1 saturated carbocycles. The van der Waals surface area contributed by atoms with Gasteiger partial charge in [-0.1, -0.05) is 19.3 Å². The molecule has 3 heteroatoms. The Labute approximate surface area is 97.7 Å². The van der Waals surface area contributed by atoms with Gasteiger partial charge in [-0.15, -0.1) is 0 Å². The Morgan fingerprint density at radius 3 is 2.50 bits per heavy atom. The van der Waals surface area contributed by atoms with Gasteiger partial charge in [0.25, 0.3) is 0 Å². The third-order valence-electron chi connectivity index (χ3n) is 3.38. The van der Waals surface area contributed by atoms with Gasteiger partial charge in [-0.25, -0.2) is 0 Å². The van der Waals surface area contributed by atoms with Crippen LogP contribution in [0.15, 0.2) is 24.5 Å². The molecule has 0 bridgehead atoms. The summed E-state index contributed by atoms with van der Waals surface area (Å²) < 4.78 is 0. The van der Waals surface area contributed by atoms with Crippen LogP contribution in [0.2, 0.25) is 0 Å². The molecule has 1 aromatic rings. The first-order chi connectivity index (χ1) is 7.92. The first kappa shape index (κ1) is 11.4. The lowest BCUT2D eigenvalue weighted by molar-refractivity contribution is 0.416. The largest absolute Gasteiger partial charge is 0.367 e. The van der Waals surface area contributed by atoms with Crippen LogP contribution in [0, 0.1) is 0 Å². The Kier molecular flexibility index (Phi) is 4.17. The van der Waals surface area contributed by atoms with E-state index >= 15 is 0 Å². The zero-order chi connectivity index (χ0) is 11.2. The summed E-state index contributed by atoms with van der Waals surface area (Å²) in [6, 6.07) is 4.86. The fraction of sp³-hybridized carbons (Fsp3) is 0.615. The molecule has 1 aliphatic rings. The Balaban J connectivity index is 2.09. The van der Waals surface area contributed by atoms with Crippen molar-refractivity contribution < 1.29 is 0 Å². The van der Waals surface area contributed by atoms with E-state index < -0.39 is 0 Å². The molecule has 0 unspecified atom stereocenters. The predicted octanol–water partition coefficient (Wildman–Crippen LogP) is 2.18. The van der Waals surface area contributed by atoms with E-state index in [0.717, 1.165) is 13.1 Å². The third-order valence-corrected chi connectivity index (χ3v) is 3.38. The molecule has 1 aliphatic carbocycles. The van der Waals surface area contributed by atoms with E-state index in [-0.39, 0.29) is 0 Å². The molecule has 16 heavy (non-hydrogen) atoms. The molecule has 1 fully saturated rings. The van der Waals surface area contributed by atoms with Gasteiger partial charge in [-0.2, -0.15) is 0 Å². The van der Waals surface area contributed by atoms with Gasteiger partial charge < -0.3 is 10.6 Å². The van der Waals surface area contributed by atoms with E-state index in [9.17, 15) is 0 Å². The normalized spacial score (nSPS) is 17.3. The summed E-state index contributed by atoms with van der Waals surface area (Å²) in [5.74, 6) is 0. The lowest BCUT2D eigenvalue weighted by Gasteiger charge is -2.35. The van der Waals surface area contributed by atoms with Gasteiger partial charge in [0.05, 0.1) is 0 Å². The molecule has 0 spiro atoms. The van der Waals surface area contributed by atoms with Crippen LogP contribution >= 0.6 is 0 Å². The van der Waals surface area contributed by atoms with Crippen molar-refractivity contribution in [3.05, 3.63) is 24.5 Å². The van der Waals surface area contributed by atoms with E-state index in [2.05, 4.69) is 22.0 Å². The highest BCUT2D eigenvalue weighted by molar-refractivity contribution is 5.45. The van der Waals surface area contributed by atoms with E-state index in [1.54, 1.807) is 0 Å². The second-order valence-corrected chi connectivity index (χ2v) is 4.48. The SMILES string of the molecule is NCCN(c1ccncc1)C1CCCCC1. The zero-order valence-corrected chi connectivity index (χ0v) is 9.81. The summed E-state index contributed by atoms with van der Waals surface area (Å²) in [7, 11) is 0. The average Bonchev–Trinajstić information content (AvgIpc) is 2.38. The van der Waals surface area contributed by atoms with E-state index in [4.69, 9.17) is 5.73 Å². The molecule has 1 heterocycles. The highest BCUT2D eigenvalue weighted by atomic mass is 15.2. The molecule has 0 amide bonds. The molecule has 3 nitrogen and oxygen atoms in total. The van der Waals surface area contributed by atoms with Crippen LogP contribution in [0.5, 0.6) is 0 Å². The van der Waals surface area contributed by atoms with Crippen LogP contribution in [0.25, 0.3) is 0 Å². The van der Waals surface area contributed by atoms with Gasteiger partial charge in [-0.3, -0.25) is 4.98 Å². The van der Waals surface area contributed by atoms with E-state index in [1.807, 2.05) is 12.4 Å². The topological polar surface area (TPSA) is 42.1 Å². The molecular weight excluding hydrogens is 198 g/mol. The van der Waals surface area contributed by atoms with Crippen molar-refractivity contribution >= 4 is 5.69 Å². The summed E-state index contributed by atoms with van der Waals surface area (Å²) >= 11 is 0. The number of aromatic nitrogens is 1. The van der Waals surface area contributed by atoms with Gasteiger partial charge in [0.2, 0.25) is 0 Å². The molecule has 0 radical (unpaired) electrons. The second-order valence-electron chi connectivity index (χ2n) is 4.48. The second kappa shape index (κ2) is 5.85. The molecule has 0 saturated heterocycles. The van der Waals surface area contributed by atoms with Crippen molar-refractivity contribution in [3.63, 3.8) is 0 Å². The minimum Gasteiger partial charge on any atom is -0.367 e. The van der Waals surface area contributed by atoms with Gasteiger partial charge in [0, 0.05) is 37.2 Å². The van der Waals surface area contributed by atoms with Crippen molar-refractivity contribution in [3.8, 4) is 0 Å². The van der Waals surface area contributed by atoms with Crippen LogP contribution in [0.3, 0.4) is 0 Å². The van der Waals surface area contributed by atoms with Gasteiger partial charge in [0.15, 0.2) is 0 Å². The van der Waals surface area contributed by atoms with Gasteiger partial charge in [0.1, 0.15) is 0 Å². The summed E-state index contributed by atoms with van der Waals surface area (Å²) in [6.07, 6.45) is 10.4. The van der Waals surface area contributed by atoms with Crippen molar-refractivity contribution in [1.29, 1.82) is 0 Å². The molecule has 0 atom stereocenters. The Morgan fingerprint density at radius 2 is 1.88 bits per heavy atom. The maximum absolute atomic E-state index is 5.72. The molecule has 2 N–H and O–H groups in total. The minimum absolute atomic E-state index is 0.680. The van der Waals surface area contributed by atoms with Gasteiger partial charge >= 0.3 is 0 Å². The summed E-state index contributed by atoms with van der Waals surface area (Å²) in [5, 5.41) is 0. The van der Waals surface area contributed by atoms with E-state index in [0.29, 0.717) is 6.04 Å². The molecule has 0 aromatic carbocycles. The standard InChI is InChI=1S/C13H21N3/c14-8-11-16(12-4-2-1-3-5-12)13-6-9-15-10-7-13/h6-7,9-10,12H,1-5,8,11,14H2. The fourth-order valence-corrected chi connectivity index (χ4v) is 2.59. The maximum atomic E-state index is 5.72. The highest BCUT2D eigenvalue weighted by Crippen LogP contribution is 2.26. The van der Waals surface area contributed by atoms with E-state index in [1.165, 1.54) is 37.8 Å². The van der Waals surface area contributed by atoms with Crippen LogP contribution in [0.1, 0.15) is 32.1 Å². The predicted molar refractivity (Wildman–Crippen MR) is 67.5 cm³/mol. The Hall–Kier alpha value is -1.09. The summed E-state index contributed by atoms with van der Waals surface area (Å²) in [6.45, 7) is 1.67. The number of rotatable bonds is 4. The quantitative estimate of drug-likeness (QED) is 0.844. The van der Waals surface area contributed by atoms with Crippen molar-refractivity contribution in [2.45, 2.75) is 38.1 Å². The lowest BCUT2D eigenvalue weighted by Crippen LogP contribution is -2.40. The number of hydrogen-bond acceptors (Lipinski definition) is 3. The smallest absolute Gasteiger partial charge is 0.0400 e. The molecule has 1 aromatic heterocycles. The van der Waals surface area contributed by atoms with Crippen molar-refractivity contribution in [2.24, 2.45) is 5.73 Å². The van der Waals surface area contributed by atoms with Crippen molar-refractivity contribution in [2.75, 3.05) is 18.0 Å². The number of pyridine rings is 1. The maximum Gasteiger partial charge on any atom is 0.0400 e. The number of hydrogen-bond donors (Lipinski definition) is 1. The minimum atomic E-state index is 0.680. The van der Waals surface area contributed by atoms with Gasteiger partial charge in [-0.05, 0) is 25.0 Å². The highest BCUT2D eigenvalue weighted by Gasteiger charge is 2.20. The monoisotopic (exact) mass is 219 g/mol. The first-order valence-corrected chi connectivity index (χ1v) is 6.28. The Bertz CT molecular complexity index is 293. The number of nitrogens with two attached hydrogens (primary N) is 1. The summed E-state index contributed by atoms with van der Waals surface area (Å²) in [5.41, 5.74) is 6.99. The first-order valence-electron chi connectivity index (χ1n) is 6.28. The molecule has 2 rings (SSSR count).